The zero-order valence-electron chi connectivity index (χ0n) is 17.4. The van der Waals surface area contributed by atoms with Crippen LogP contribution in [-0.4, -0.2) is 24.3 Å². The van der Waals surface area contributed by atoms with Crippen molar-refractivity contribution in [2.45, 2.75) is 0 Å². The standard InChI is InChI=1S/C22H6Cl4I4O7/c23-12-10(11(13(24)15(26)14(12)25)22(34)36-4-35-3-31)9-5-1-7(27)18(32)16(29)20(5)37-21-6(9)2-8(28)19(33)17(21)30/h1-3,32H,4H2. The Morgan fingerprint density at radius 1 is 0.946 bits per heavy atom. The Balaban J connectivity index is 2.29. The Bertz CT molecular complexity index is 1670. The number of ether oxygens (including phenoxy) is 2. The molecule has 1 aliphatic heterocycles. The van der Waals surface area contributed by atoms with Crippen LogP contribution in [0.4, 0.5) is 0 Å². The summed E-state index contributed by atoms with van der Waals surface area (Å²) in [5, 5.41) is 10.3. The zero-order valence-corrected chi connectivity index (χ0v) is 29.0. The molecule has 2 aromatic rings. The van der Waals surface area contributed by atoms with Crippen molar-refractivity contribution in [1.82, 2.24) is 0 Å². The van der Waals surface area contributed by atoms with Crippen LogP contribution < -0.4 is 5.43 Å². The van der Waals surface area contributed by atoms with Gasteiger partial charge in [0.15, 0.2) is 11.3 Å². The molecule has 0 bridgehead atoms. The summed E-state index contributed by atoms with van der Waals surface area (Å²) in [6, 6.07) is 3.22. The molecule has 0 saturated carbocycles. The average molecular weight is 1030 g/mol. The lowest BCUT2D eigenvalue weighted by Crippen LogP contribution is -2.14. The SMILES string of the molecule is O=COCOC(=O)c1c(Cl)c(Cl)c(Cl)c(Cl)c1-c1c2cc(I)c(=O)c(I)c-2oc2c(I)c(O)c(I)cc12. The maximum absolute atomic E-state index is 13.2. The number of aromatic hydroxyl groups is 1. The molecule has 0 saturated heterocycles. The lowest BCUT2D eigenvalue weighted by atomic mass is 9.90. The molecule has 2 aliphatic rings. The minimum Gasteiger partial charge on any atom is -0.506 e. The summed E-state index contributed by atoms with van der Waals surface area (Å²) in [4.78, 5) is 36.5. The number of esters is 1. The van der Waals surface area contributed by atoms with Gasteiger partial charge in [-0.1, -0.05) is 46.4 Å². The fraction of sp³-hybridized carbons (Fsp3) is 0.0455. The van der Waals surface area contributed by atoms with E-state index in [2.05, 4.69) is 4.74 Å². The van der Waals surface area contributed by atoms with Gasteiger partial charge in [0.05, 0.1) is 36.4 Å². The van der Waals surface area contributed by atoms with Crippen LogP contribution in [-0.2, 0) is 14.3 Å². The Morgan fingerprint density at radius 3 is 2.24 bits per heavy atom. The van der Waals surface area contributed by atoms with Gasteiger partial charge in [0, 0.05) is 22.1 Å². The summed E-state index contributed by atoms with van der Waals surface area (Å²) in [7, 11) is 0. The van der Waals surface area contributed by atoms with E-state index >= 15 is 0 Å². The van der Waals surface area contributed by atoms with Gasteiger partial charge in [-0.2, -0.15) is 0 Å². The second-order valence-electron chi connectivity index (χ2n) is 7.07. The summed E-state index contributed by atoms with van der Waals surface area (Å²) in [5.74, 6) is -0.846. The van der Waals surface area contributed by atoms with Crippen molar-refractivity contribution in [1.29, 1.82) is 0 Å². The van der Waals surface area contributed by atoms with Crippen LogP contribution in [0.25, 0.3) is 33.4 Å². The minimum absolute atomic E-state index is 0.0328. The maximum atomic E-state index is 13.2. The fourth-order valence-electron chi connectivity index (χ4n) is 3.51. The van der Waals surface area contributed by atoms with Crippen LogP contribution in [0.2, 0.25) is 20.1 Å². The van der Waals surface area contributed by atoms with Crippen LogP contribution >= 0.6 is 137 Å². The number of hydrogen-bond donors (Lipinski definition) is 1. The summed E-state index contributed by atoms with van der Waals surface area (Å²) in [6.07, 6.45) is 0. The molecule has 0 aromatic heterocycles. The molecule has 1 N–H and O–H groups in total. The third-order valence-corrected chi connectivity index (χ3v) is 10.5. The number of rotatable bonds is 5. The highest BCUT2D eigenvalue weighted by Gasteiger charge is 2.33. The zero-order chi connectivity index (χ0) is 27.3. The molecule has 4 rings (SSSR count). The molecule has 37 heavy (non-hydrogen) atoms. The second kappa shape index (κ2) is 11.8. The van der Waals surface area contributed by atoms with Gasteiger partial charge in [0.1, 0.15) is 9.32 Å². The topological polar surface area (TPSA) is 103 Å². The molecule has 2 aromatic carbocycles. The first-order valence-electron chi connectivity index (χ1n) is 9.46. The smallest absolute Gasteiger partial charge is 0.343 e. The number of phenolic OH excluding ortho intramolecular Hbond substituents is 1. The van der Waals surface area contributed by atoms with Gasteiger partial charge < -0.3 is 19.0 Å². The first-order chi connectivity index (χ1) is 17.4. The Kier molecular flexibility index (Phi) is 9.56. The van der Waals surface area contributed by atoms with Crippen molar-refractivity contribution in [2.75, 3.05) is 6.79 Å². The monoisotopic (exact) mass is 1030 g/mol. The first kappa shape index (κ1) is 29.9. The second-order valence-corrected chi connectivity index (χ2v) is 13.1. The highest BCUT2D eigenvalue weighted by atomic mass is 127. The largest absolute Gasteiger partial charge is 0.506 e. The first-order valence-corrected chi connectivity index (χ1v) is 15.3. The molecule has 0 fully saturated rings. The molecule has 0 unspecified atom stereocenters. The maximum Gasteiger partial charge on any atom is 0.343 e. The Hall–Kier alpha value is -0.0500. The van der Waals surface area contributed by atoms with Crippen molar-refractivity contribution < 1.29 is 28.6 Å². The van der Waals surface area contributed by atoms with Gasteiger partial charge in [-0.25, -0.2) is 4.79 Å². The number of halogens is 8. The van der Waals surface area contributed by atoms with Crippen LogP contribution in [0, 0.1) is 14.3 Å². The van der Waals surface area contributed by atoms with E-state index in [9.17, 15) is 19.5 Å². The van der Waals surface area contributed by atoms with E-state index in [1.165, 1.54) is 0 Å². The quantitative estimate of drug-likeness (QED) is 0.0313. The number of carbonyl (C=O) groups excluding carboxylic acids is 2. The van der Waals surface area contributed by atoms with E-state index in [-0.39, 0.29) is 63.8 Å². The van der Waals surface area contributed by atoms with Gasteiger partial charge in [-0.15, -0.1) is 0 Å². The molecular weight excluding hydrogens is 1030 g/mol. The molecule has 0 spiro atoms. The molecule has 1 aliphatic carbocycles. The van der Waals surface area contributed by atoms with Crippen LogP contribution in [0.1, 0.15) is 10.4 Å². The van der Waals surface area contributed by atoms with E-state index in [1.54, 1.807) is 12.1 Å². The highest BCUT2D eigenvalue weighted by Crippen LogP contribution is 2.52. The highest BCUT2D eigenvalue weighted by molar-refractivity contribution is 14.1. The summed E-state index contributed by atoms with van der Waals surface area (Å²) < 4.78 is 17.2. The predicted molar refractivity (Wildman–Crippen MR) is 175 cm³/mol. The molecule has 0 radical (unpaired) electrons. The van der Waals surface area contributed by atoms with Gasteiger partial charge in [-0.05, 0) is 102 Å². The summed E-state index contributed by atoms with van der Waals surface area (Å²) >= 11 is 33.6. The van der Waals surface area contributed by atoms with Crippen molar-refractivity contribution in [3.8, 4) is 28.2 Å². The number of fused-ring (bicyclic) bond motifs is 2. The van der Waals surface area contributed by atoms with E-state index in [0.717, 1.165) is 0 Å². The van der Waals surface area contributed by atoms with Gasteiger partial charge in [-0.3, -0.25) is 9.59 Å². The van der Waals surface area contributed by atoms with E-state index in [1.807, 2.05) is 90.4 Å². The summed E-state index contributed by atoms with van der Waals surface area (Å²) in [6.45, 7) is -0.585. The van der Waals surface area contributed by atoms with Crippen molar-refractivity contribution >= 4 is 160 Å². The third kappa shape index (κ3) is 5.24. The number of carbonyl (C=O) groups is 2. The Morgan fingerprint density at radius 2 is 1.59 bits per heavy atom. The minimum atomic E-state index is -1.00. The van der Waals surface area contributed by atoms with Crippen LogP contribution in [0.5, 0.6) is 5.75 Å². The number of phenols is 1. The van der Waals surface area contributed by atoms with Crippen molar-refractivity contribution in [3.63, 3.8) is 0 Å². The molecule has 0 atom stereocenters. The van der Waals surface area contributed by atoms with Crippen LogP contribution in [0.3, 0.4) is 0 Å². The van der Waals surface area contributed by atoms with E-state index in [4.69, 9.17) is 55.6 Å². The van der Waals surface area contributed by atoms with E-state index in [0.29, 0.717) is 27.2 Å². The molecule has 192 valence electrons. The number of hydrogen-bond acceptors (Lipinski definition) is 7. The van der Waals surface area contributed by atoms with Gasteiger partial charge >= 0.3 is 5.97 Å². The lowest BCUT2D eigenvalue weighted by Gasteiger charge is -2.22. The molecule has 1 heterocycles. The lowest BCUT2D eigenvalue weighted by molar-refractivity contribution is -0.136. The molecular formula is C22H6Cl4I4O7. The number of benzene rings is 3. The summed E-state index contributed by atoms with van der Waals surface area (Å²) in [5.41, 5.74) is 0.492. The average Bonchev–Trinajstić information content (AvgIpc) is 2.86. The van der Waals surface area contributed by atoms with Crippen molar-refractivity contribution in [2.24, 2.45) is 0 Å². The molecule has 0 amide bonds. The van der Waals surface area contributed by atoms with E-state index < -0.39 is 12.8 Å². The van der Waals surface area contributed by atoms with Crippen molar-refractivity contribution in [3.05, 3.63) is 62.3 Å². The van der Waals surface area contributed by atoms with Crippen LogP contribution in [0.15, 0.2) is 21.3 Å². The van der Waals surface area contributed by atoms with Gasteiger partial charge in [0.2, 0.25) is 12.2 Å². The Labute approximate surface area is 282 Å². The predicted octanol–water partition coefficient (Wildman–Crippen LogP) is 8.59. The third-order valence-electron chi connectivity index (χ3n) is 5.07. The molecule has 7 nitrogen and oxygen atoms in total. The fourth-order valence-corrected chi connectivity index (χ4v) is 8.11. The molecule has 15 heteroatoms. The normalized spacial score (nSPS) is 11.2. The van der Waals surface area contributed by atoms with Gasteiger partial charge in [0.25, 0.3) is 6.47 Å².